The van der Waals surface area contributed by atoms with Gasteiger partial charge in [-0.3, -0.25) is 0 Å². The first kappa shape index (κ1) is 19.6. The Hall–Kier alpha value is -3.08. The number of hydrogen-bond donors (Lipinski definition) is 1. The highest BCUT2D eigenvalue weighted by Gasteiger charge is 2.35. The first-order valence-electron chi connectivity index (χ1n) is 11.1. The molecule has 0 radical (unpaired) electrons. The van der Waals surface area contributed by atoms with Crippen LogP contribution in [0.1, 0.15) is 27.7 Å². The Morgan fingerprint density at radius 2 is 1.47 bits per heavy atom. The highest BCUT2D eigenvalue weighted by Crippen LogP contribution is 2.50. The van der Waals surface area contributed by atoms with Crippen molar-refractivity contribution in [2.24, 2.45) is 0 Å². The van der Waals surface area contributed by atoms with Gasteiger partial charge >= 0.3 is 7.48 Å². The molecule has 0 spiro atoms. The van der Waals surface area contributed by atoms with Crippen molar-refractivity contribution in [1.82, 2.24) is 0 Å². The summed E-state index contributed by atoms with van der Waals surface area (Å²) < 4.78 is 12.5. The third-order valence-corrected chi connectivity index (χ3v) is 7.24. The predicted molar refractivity (Wildman–Crippen MR) is 134 cm³/mol. The van der Waals surface area contributed by atoms with Crippen molar-refractivity contribution < 1.29 is 14.2 Å². The van der Waals surface area contributed by atoms with E-state index in [2.05, 4.69) is 66.7 Å². The van der Waals surface area contributed by atoms with Crippen LogP contribution in [0.5, 0.6) is 0 Å². The van der Waals surface area contributed by atoms with Gasteiger partial charge in [0.25, 0.3) is 0 Å². The van der Waals surface area contributed by atoms with Crippen molar-refractivity contribution in [1.29, 1.82) is 0 Å². The molecule has 0 unspecified atom stereocenters. The molecule has 0 fully saturated rings. The van der Waals surface area contributed by atoms with Crippen molar-refractivity contribution in [2.75, 3.05) is 0 Å². The van der Waals surface area contributed by atoms with Crippen molar-refractivity contribution in [2.45, 2.75) is 38.9 Å². The number of rotatable bonds is 4. The summed E-state index contributed by atoms with van der Waals surface area (Å²) in [7, 11) is 0.410. The molecule has 158 valence electrons. The number of fused-ring (bicyclic) bond motifs is 7. The molecule has 1 heterocycles. The Morgan fingerprint density at radius 3 is 2.22 bits per heavy atom. The summed E-state index contributed by atoms with van der Waals surface area (Å²) in [6, 6.07) is 23.7. The molecule has 1 aliphatic carbocycles. The maximum absolute atomic E-state index is 10.4. The molecule has 1 N–H and O–H groups in total. The van der Waals surface area contributed by atoms with Gasteiger partial charge in [-0.1, -0.05) is 54.6 Å². The lowest BCUT2D eigenvalue weighted by molar-refractivity contribution is -0.0893. The van der Waals surface area contributed by atoms with Crippen LogP contribution in [0.3, 0.4) is 0 Å². The first-order chi connectivity index (χ1) is 15.2. The summed E-state index contributed by atoms with van der Waals surface area (Å²) in [6.07, 6.45) is 0. The van der Waals surface area contributed by atoms with Gasteiger partial charge in [0.1, 0.15) is 11.2 Å². The van der Waals surface area contributed by atoms with Gasteiger partial charge in [-0.05, 0) is 67.5 Å². The van der Waals surface area contributed by atoms with E-state index in [0.717, 1.165) is 32.8 Å². The minimum atomic E-state index is -0.937. The zero-order valence-corrected chi connectivity index (χ0v) is 18.8. The number of hydrogen-bond acceptors (Lipinski definition) is 3. The van der Waals surface area contributed by atoms with Crippen LogP contribution in [-0.4, -0.2) is 23.8 Å². The fourth-order valence-corrected chi connectivity index (χ4v) is 4.67. The van der Waals surface area contributed by atoms with Crippen LogP contribution in [0.15, 0.2) is 71.1 Å². The molecule has 0 saturated heterocycles. The summed E-state index contributed by atoms with van der Waals surface area (Å²) >= 11 is 0. The molecule has 6 rings (SSSR count). The lowest BCUT2D eigenvalue weighted by atomic mass is 9.82. The first-order valence-corrected chi connectivity index (χ1v) is 11.1. The van der Waals surface area contributed by atoms with Gasteiger partial charge in [0.05, 0.1) is 11.2 Å². The summed E-state index contributed by atoms with van der Waals surface area (Å²) in [6.45, 7) is 7.37. The van der Waals surface area contributed by atoms with E-state index < -0.39 is 11.2 Å². The average molecular weight is 420 g/mol. The highest BCUT2D eigenvalue weighted by molar-refractivity contribution is 6.47. The molecule has 0 amide bonds. The number of furan rings is 1. The van der Waals surface area contributed by atoms with Gasteiger partial charge < -0.3 is 14.2 Å². The van der Waals surface area contributed by atoms with Crippen molar-refractivity contribution in [3.8, 4) is 22.3 Å². The topological polar surface area (TPSA) is 42.6 Å². The van der Waals surface area contributed by atoms with E-state index in [-0.39, 0.29) is 0 Å². The normalized spacial score (nSPS) is 13.3. The SMILES string of the molecule is CC(C)(O)C(C)(C)OBc1ccc2c(c1)oc1c3cccc4c3c(cc21)-c1ccccc1-4. The maximum Gasteiger partial charge on any atom is 0.309 e. The van der Waals surface area contributed by atoms with Crippen LogP contribution in [0, 0.1) is 0 Å². The zero-order chi connectivity index (χ0) is 22.3. The second-order valence-electron chi connectivity index (χ2n) is 9.87. The lowest BCUT2D eigenvalue weighted by Gasteiger charge is -2.37. The van der Waals surface area contributed by atoms with Gasteiger partial charge in [-0.25, -0.2) is 0 Å². The zero-order valence-electron chi connectivity index (χ0n) is 18.8. The number of aliphatic hydroxyl groups is 1. The summed E-state index contributed by atoms with van der Waals surface area (Å²) in [4.78, 5) is 0. The van der Waals surface area contributed by atoms with E-state index >= 15 is 0 Å². The molecule has 4 heteroatoms. The van der Waals surface area contributed by atoms with Gasteiger partial charge in [-0.2, -0.15) is 0 Å². The molecule has 5 aromatic rings. The highest BCUT2D eigenvalue weighted by atomic mass is 16.5. The Morgan fingerprint density at radius 1 is 0.750 bits per heavy atom. The Kier molecular flexibility index (Phi) is 3.96. The van der Waals surface area contributed by atoms with Crippen LogP contribution in [-0.2, 0) is 4.65 Å². The summed E-state index contributed by atoms with van der Waals surface area (Å²) in [5.74, 6) is 0. The quantitative estimate of drug-likeness (QED) is 0.360. The van der Waals surface area contributed by atoms with Crippen molar-refractivity contribution in [3.63, 3.8) is 0 Å². The average Bonchev–Trinajstić information content (AvgIpc) is 3.29. The molecule has 32 heavy (non-hydrogen) atoms. The van der Waals surface area contributed by atoms with Crippen molar-refractivity contribution >= 4 is 45.7 Å². The molecule has 4 aromatic carbocycles. The Balaban J connectivity index is 1.50. The van der Waals surface area contributed by atoms with E-state index in [1.807, 2.05) is 13.8 Å². The van der Waals surface area contributed by atoms with E-state index in [1.54, 1.807) is 13.8 Å². The second-order valence-corrected chi connectivity index (χ2v) is 9.87. The lowest BCUT2D eigenvalue weighted by Crippen LogP contribution is -2.49. The largest absolute Gasteiger partial charge is 0.455 e. The van der Waals surface area contributed by atoms with Crippen LogP contribution in [0.25, 0.3) is 55.0 Å². The minimum Gasteiger partial charge on any atom is -0.455 e. The summed E-state index contributed by atoms with van der Waals surface area (Å²) in [5, 5.41) is 15.1. The predicted octanol–water partition coefficient (Wildman–Crippen LogP) is 5.93. The minimum absolute atomic E-state index is 0.410. The molecule has 1 aromatic heterocycles. The van der Waals surface area contributed by atoms with E-state index in [1.165, 1.54) is 27.6 Å². The van der Waals surface area contributed by atoms with E-state index in [0.29, 0.717) is 7.48 Å². The fraction of sp³-hybridized carbons (Fsp3) is 0.214. The maximum atomic E-state index is 10.4. The third kappa shape index (κ3) is 2.70. The fourth-order valence-electron chi connectivity index (χ4n) is 4.67. The van der Waals surface area contributed by atoms with Gasteiger partial charge in [0.15, 0.2) is 0 Å². The van der Waals surface area contributed by atoms with Crippen molar-refractivity contribution in [3.05, 3.63) is 66.7 Å². The molecule has 0 bridgehead atoms. The van der Waals surface area contributed by atoms with Crippen LogP contribution in [0.2, 0.25) is 0 Å². The monoisotopic (exact) mass is 420 g/mol. The third-order valence-electron chi connectivity index (χ3n) is 7.24. The van der Waals surface area contributed by atoms with Crippen LogP contribution >= 0.6 is 0 Å². The molecule has 0 atom stereocenters. The molecular formula is C28H25BO3. The molecule has 0 saturated carbocycles. The van der Waals surface area contributed by atoms with E-state index in [9.17, 15) is 5.11 Å². The standard InChI is InChI=1S/C28H25BO3/c1-27(2,30)28(3,4)32-29-16-12-13-19-23-15-22-18-9-6-5-8-17(18)20-10-7-11-21(25(20)22)26(23)31-24(19)14-16/h5-15,29-30H,1-4H3. The van der Waals surface area contributed by atoms with Crippen LogP contribution in [0.4, 0.5) is 0 Å². The molecule has 1 aliphatic rings. The second kappa shape index (κ2) is 6.47. The smallest absolute Gasteiger partial charge is 0.309 e. The van der Waals surface area contributed by atoms with E-state index in [4.69, 9.17) is 9.07 Å². The molecule has 0 aliphatic heterocycles. The summed E-state index contributed by atoms with van der Waals surface area (Å²) in [5.41, 5.74) is 6.35. The Labute approximate surface area is 187 Å². The molecular weight excluding hydrogens is 395 g/mol. The Bertz CT molecular complexity index is 1540. The van der Waals surface area contributed by atoms with Gasteiger partial charge in [0, 0.05) is 21.5 Å². The van der Waals surface area contributed by atoms with Crippen LogP contribution < -0.4 is 5.46 Å². The molecule has 3 nitrogen and oxygen atoms in total. The number of benzene rings is 4. The van der Waals surface area contributed by atoms with Gasteiger partial charge in [-0.15, -0.1) is 0 Å². The van der Waals surface area contributed by atoms with Gasteiger partial charge in [0.2, 0.25) is 0 Å².